The Morgan fingerprint density at radius 2 is 1.96 bits per heavy atom. The van der Waals surface area contributed by atoms with Crippen molar-refractivity contribution in [2.45, 2.75) is 33.9 Å². The number of aryl methyl sites for hydroxylation is 3. The third kappa shape index (κ3) is 4.31. The molecule has 142 valence electrons. The van der Waals surface area contributed by atoms with Crippen molar-refractivity contribution in [1.29, 1.82) is 0 Å². The second-order valence-electron chi connectivity index (χ2n) is 6.50. The lowest BCUT2D eigenvalue weighted by molar-refractivity contribution is 0.657. The van der Waals surface area contributed by atoms with Gasteiger partial charge in [-0.25, -0.2) is 0 Å². The molecule has 2 heterocycles. The van der Waals surface area contributed by atoms with E-state index in [4.69, 9.17) is 23.8 Å². The molecule has 0 radical (unpaired) electrons. The molecule has 3 rings (SSSR count). The molecule has 0 bridgehead atoms. The summed E-state index contributed by atoms with van der Waals surface area (Å²) in [6.45, 7) is 7.36. The Kier molecular flexibility index (Phi) is 5.82. The van der Waals surface area contributed by atoms with Crippen molar-refractivity contribution in [1.82, 2.24) is 24.9 Å². The molecule has 1 aromatic carbocycles. The number of nitrogens with zero attached hydrogens (tertiary/aromatic N) is 4. The lowest BCUT2D eigenvalue weighted by atomic mass is 10.1. The van der Waals surface area contributed by atoms with Crippen LogP contribution in [0, 0.1) is 20.8 Å². The van der Waals surface area contributed by atoms with Gasteiger partial charge in [-0.2, -0.15) is 10.2 Å². The summed E-state index contributed by atoms with van der Waals surface area (Å²) in [7, 11) is 1.85. The van der Waals surface area contributed by atoms with Crippen LogP contribution in [0.25, 0.3) is 0 Å². The first-order valence-electron chi connectivity index (χ1n) is 8.66. The molecule has 0 spiro atoms. The van der Waals surface area contributed by atoms with Gasteiger partial charge in [-0.3, -0.25) is 9.36 Å². The van der Waals surface area contributed by atoms with Gasteiger partial charge < -0.3 is 10.6 Å². The molecule has 0 fully saturated rings. The molecule has 0 amide bonds. The molecule has 27 heavy (non-hydrogen) atoms. The molecule has 0 saturated heterocycles. The third-order valence-corrected chi connectivity index (χ3v) is 5.19. The van der Waals surface area contributed by atoms with E-state index in [0.717, 1.165) is 29.3 Å². The van der Waals surface area contributed by atoms with Crippen LogP contribution in [0.4, 0.5) is 5.69 Å². The summed E-state index contributed by atoms with van der Waals surface area (Å²) in [6.07, 6.45) is 1.62. The van der Waals surface area contributed by atoms with Gasteiger partial charge in [0, 0.05) is 7.05 Å². The van der Waals surface area contributed by atoms with Gasteiger partial charge >= 0.3 is 0 Å². The van der Waals surface area contributed by atoms with E-state index in [9.17, 15) is 0 Å². The van der Waals surface area contributed by atoms with Crippen molar-refractivity contribution in [3.05, 3.63) is 63.7 Å². The van der Waals surface area contributed by atoms with Gasteiger partial charge in [0.05, 0.1) is 47.1 Å². The van der Waals surface area contributed by atoms with E-state index in [1.165, 1.54) is 11.1 Å². The second kappa shape index (κ2) is 8.10. The maximum absolute atomic E-state index is 6.13. The third-order valence-electron chi connectivity index (χ3n) is 4.63. The molecule has 0 aliphatic heterocycles. The highest BCUT2D eigenvalue weighted by molar-refractivity contribution is 7.80. The zero-order valence-corrected chi connectivity index (χ0v) is 17.4. The Morgan fingerprint density at radius 3 is 2.63 bits per heavy atom. The zero-order chi connectivity index (χ0) is 19.6. The summed E-state index contributed by atoms with van der Waals surface area (Å²) in [5.41, 5.74) is 6.26. The van der Waals surface area contributed by atoms with Crippen LogP contribution in [-0.2, 0) is 20.1 Å². The lowest BCUT2D eigenvalue weighted by Gasteiger charge is -2.12. The maximum Gasteiger partial charge on any atom is 0.171 e. The molecular weight excluding hydrogens is 380 g/mol. The average Bonchev–Trinajstić information content (AvgIpc) is 3.08. The summed E-state index contributed by atoms with van der Waals surface area (Å²) in [4.78, 5) is 0. The number of halogens is 1. The molecule has 2 N–H and O–H groups in total. The summed E-state index contributed by atoms with van der Waals surface area (Å²) >= 11 is 11.6. The Hall–Kier alpha value is -2.38. The highest BCUT2D eigenvalue weighted by atomic mass is 35.5. The number of hydrogen-bond acceptors (Lipinski definition) is 3. The van der Waals surface area contributed by atoms with Crippen LogP contribution in [0.15, 0.2) is 30.5 Å². The minimum atomic E-state index is 0.497. The molecule has 0 aliphatic carbocycles. The minimum Gasteiger partial charge on any atom is -0.357 e. The summed E-state index contributed by atoms with van der Waals surface area (Å²) in [6, 6.07) is 8.34. The molecule has 6 nitrogen and oxygen atoms in total. The van der Waals surface area contributed by atoms with Crippen molar-refractivity contribution in [3.8, 4) is 0 Å². The van der Waals surface area contributed by atoms with Gasteiger partial charge in [-0.05, 0) is 44.1 Å². The van der Waals surface area contributed by atoms with E-state index < -0.39 is 0 Å². The quantitative estimate of drug-likeness (QED) is 0.637. The fourth-order valence-electron chi connectivity index (χ4n) is 2.94. The van der Waals surface area contributed by atoms with Crippen LogP contribution >= 0.6 is 23.8 Å². The number of aromatic nitrogens is 4. The van der Waals surface area contributed by atoms with E-state index in [2.05, 4.69) is 46.0 Å². The van der Waals surface area contributed by atoms with Crippen molar-refractivity contribution < 1.29 is 0 Å². The van der Waals surface area contributed by atoms with Gasteiger partial charge in [0.1, 0.15) is 0 Å². The largest absolute Gasteiger partial charge is 0.357 e. The molecule has 3 aromatic rings. The Labute approximate surface area is 169 Å². The SMILES string of the molecule is Cc1ccccc1Cn1nc(C)c(NC(=S)NCc2c(Cl)cnn2C)c1C. The van der Waals surface area contributed by atoms with Crippen molar-refractivity contribution >= 4 is 34.6 Å². The average molecular weight is 403 g/mol. The maximum atomic E-state index is 6.13. The smallest absolute Gasteiger partial charge is 0.171 e. The lowest BCUT2D eigenvalue weighted by Crippen LogP contribution is -2.29. The van der Waals surface area contributed by atoms with Crippen LogP contribution in [0.3, 0.4) is 0 Å². The van der Waals surface area contributed by atoms with Crippen LogP contribution in [0.5, 0.6) is 0 Å². The number of nitrogens with one attached hydrogen (secondary N) is 2. The fourth-order valence-corrected chi connectivity index (χ4v) is 3.34. The second-order valence-corrected chi connectivity index (χ2v) is 7.32. The van der Waals surface area contributed by atoms with E-state index >= 15 is 0 Å². The van der Waals surface area contributed by atoms with Crippen LogP contribution in [0.1, 0.15) is 28.2 Å². The van der Waals surface area contributed by atoms with Gasteiger partial charge in [-0.1, -0.05) is 35.9 Å². The minimum absolute atomic E-state index is 0.497. The molecule has 2 aromatic heterocycles. The Bertz CT molecular complexity index is 955. The van der Waals surface area contributed by atoms with E-state index in [1.54, 1.807) is 10.9 Å². The van der Waals surface area contributed by atoms with Crippen molar-refractivity contribution in [2.75, 3.05) is 5.32 Å². The Morgan fingerprint density at radius 1 is 1.22 bits per heavy atom. The van der Waals surface area contributed by atoms with Gasteiger partial charge in [0.25, 0.3) is 0 Å². The number of anilines is 1. The first-order valence-corrected chi connectivity index (χ1v) is 9.45. The first-order chi connectivity index (χ1) is 12.9. The predicted octanol–water partition coefficient (Wildman–Crippen LogP) is 3.73. The standard InChI is InChI=1S/C19H23ClN6S/c1-12-7-5-6-8-15(12)11-26-14(3)18(13(2)24-26)23-19(27)21-10-17-16(20)9-22-25(17)4/h5-9H,10-11H2,1-4H3,(H2,21,23,27). The van der Waals surface area contributed by atoms with Gasteiger partial charge in [0.2, 0.25) is 0 Å². The highest BCUT2D eigenvalue weighted by Gasteiger charge is 2.14. The zero-order valence-electron chi connectivity index (χ0n) is 15.9. The predicted molar refractivity (Wildman–Crippen MR) is 113 cm³/mol. The van der Waals surface area contributed by atoms with Crippen molar-refractivity contribution in [3.63, 3.8) is 0 Å². The normalized spacial score (nSPS) is 10.9. The molecule has 0 unspecified atom stereocenters. The van der Waals surface area contributed by atoms with Crippen molar-refractivity contribution in [2.24, 2.45) is 7.05 Å². The number of rotatable bonds is 5. The number of thiocarbonyl (C=S) groups is 1. The van der Waals surface area contributed by atoms with Crippen LogP contribution in [-0.4, -0.2) is 24.7 Å². The number of benzene rings is 1. The summed E-state index contributed by atoms with van der Waals surface area (Å²) < 4.78 is 3.73. The summed E-state index contributed by atoms with van der Waals surface area (Å²) in [5, 5.41) is 16.4. The fraction of sp³-hybridized carbons (Fsp3) is 0.316. The Balaban J connectivity index is 1.69. The van der Waals surface area contributed by atoms with E-state index in [1.807, 2.05) is 31.6 Å². The molecule has 0 saturated carbocycles. The molecule has 0 aliphatic rings. The topological polar surface area (TPSA) is 59.7 Å². The number of hydrogen-bond donors (Lipinski definition) is 2. The van der Waals surface area contributed by atoms with Crippen LogP contribution < -0.4 is 10.6 Å². The molecule has 0 atom stereocenters. The van der Waals surface area contributed by atoms with Gasteiger partial charge in [-0.15, -0.1) is 0 Å². The molecular formula is C19H23ClN6S. The summed E-state index contributed by atoms with van der Waals surface area (Å²) in [5.74, 6) is 0. The van der Waals surface area contributed by atoms with E-state index in [0.29, 0.717) is 16.7 Å². The monoisotopic (exact) mass is 402 g/mol. The van der Waals surface area contributed by atoms with Gasteiger partial charge in [0.15, 0.2) is 5.11 Å². The van der Waals surface area contributed by atoms with E-state index in [-0.39, 0.29) is 0 Å². The highest BCUT2D eigenvalue weighted by Crippen LogP contribution is 2.21. The van der Waals surface area contributed by atoms with Crippen LogP contribution in [0.2, 0.25) is 5.02 Å². The first kappa shape index (κ1) is 19.4. The molecule has 8 heteroatoms.